The highest BCUT2D eigenvalue weighted by Gasteiger charge is 2.12. The first-order chi connectivity index (χ1) is 11.6. The van der Waals surface area contributed by atoms with E-state index in [0.717, 1.165) is 0 Å². The van der Waals surface area contributed by atoms with Gasteiger partial charge in [0.15, 0.2) is 11.5 Å². The lowest BCUT2D eigenvalue weighted by Gasteiger charge is -2.12. The predicted octanol–water partition coefficient (Wildman–Crippen LogP) is 3.70. The monoisotopic (exact) mass is 349 g/mol. The van der Waals surface area contributed by atoms with Crippen molar-refractivity contribution in [2.75, 3.05) is 12.8 Å². The van der Waals surface area contributed by atoms with Crippen molar-refractivity contribution in [3.8, 4) is 23.0 Å². The zero-order chi connectivity index (χ0) is 17.1. The molecule has 0 atom stereocenters. The lowest BCUT2D eigenvalue weighted by Crippen LogP contribution is -1.99. The fourth-order valence-electron chi connectivity index (χ4n) is 2.07. The summed E-state index contributed by atoms with van der Waals surface area (Å²) in [5, 5.41) is 7.72. The number of nitrogen functional groups attached to an aromatic ring is 1. The van der Waals surface area contributed by atoms with Gasteiger partial charge in [-0.2, -0.15) is 0 Å². The van der Waals surface area contributed by atoms with Gasteiger partial charge in [-0.05, 0) is 30.3 Å². The van der Waals surface area contributed by atoms with Crippen LogP contribution in [0.5, 0.6) is 11.5 Å². The fraction of sp³-hybridized carbons (Fsp3) is 0.125. The van der Waals surface area contributed by atoms with Crippen LogP contribution in [0.2, 0.25) is 5.02 Å². The number of nitrogens with two attached hydrogens (primary N) is 1. The maximum Gasteiger partial charge on any atom is 0.313 e. The molecular weight excluding hydrogens is 337 g/mol. The Bertz CT molecular complexity index is 870. The van der Waals surface area contributed by atoms with Crippen molar-refractivity contribution in [2.24, 2.45) is 0 Å². The Morgan fingerprint density at radius 3 is 2.67 bits per heavy atom. The fourth-order valence-corrected chi connectivity index (χ4v) is 2.29. The molecule has 0 saturated carbocycles. The average molecular weight is 350 g/mol. The number of methoxy groups -OCH3 is 1. The van der Waals surface area contributed by atoms with Crippen molar-refractivity contribution in [3.05, 3.63) is 52.8 Å². The molecule has 0 fully saturated rings. The molecule has 24 heavy (non-hydrogen) atoms. The third-order valence-corrected chi connectivity index (χ3v) is 3.60. The minimum Gasteiger partial charge on any atom is -0.493 e. The van der Waals surface area contributed by atoms with Crippen LogP contribution in [0, 0.1) is 5.82 Å². The molecule has 3 aromatic rings. The van der Waals surface area contributed by atoms with Gasteiger partial charge in [-0.15, -0.1) is 5.10 Å². The summed E-state index contributed by atoms with van der Waals surface area (Å²) in [6.45, 7) is 0.169. The third kappa shape index (κ3) is 3.41. The van der Waals surface area contributed by atoms with E-state index in [-0.39, 0.29) is 18.5 Å². The number of benzene rings is 2. The topological polar surface area (TPSA) is 83.4 Å². The summed E-state index contributed by atoms with van der Waals surface area (Å²) in [5.41, 5.74) is 6.72. The Labute approximate surface area is 142 Å². The number of rotatable bonds is 5. The summed E-state index contributed by atoms with van der Waals surface area (Å²) in [6, 6.07) is 9.23. The Morgan fingerprint density at radius 2 is 2.00 bits per heavy atom. The normalized spacial score (nSPS) is 10.6. The maximum atomic E-state index is 13.1. The van der Waals surface area contributed by atoms with Crippen LogP contribution in [0.4, 0.5) is 10.4 Å². The van der Waals surface area contributed by atoms with E-state index in [2.05, 4.69) is 10.2 Å². The summed E-state index contributed by atoms with van der Waals surface area (Å²) in [4.78, 5) is 0. The van der Waals surface area contributed by atoms with Crippen molar-refractivity contribution in [2.45, 2.75) is 6.61 Å². The van der Waals surface area contributed by atoms with E-state index in [9.17, 15) is 4.39 Å². The molecule has 0 bridgehead atoms. The van der Waals surface area contributed by atoms with E-state index in [1.165, 1.54) is 19.2 Å². The number of hydrogen-bond donors (Lipinski definition) is 1. The molecule has 2 aromatic carbocycles. The van der Waals surface area contributed by atoms with Crippen molar-refractivity contribution in [1.29, 1.82) is 0 Å². The molecule has 1 heterocycles. The molecule has 0 aliphatic carbocycles. The van der Waals surface area contributed by atoms with Crippen molar-refractivity contribution in [1.82, 2.24) is 10.2 Å². The van der Waals surface area contributed by atoms with Gasteiger partial charge in [0.2, 0.25) is 5.89 Å². The lowest BCUT2D eigenvalue weighted by atomic mass is 10.2. The molecule has 0 aliphatic rings. The Morgan fingerprint density at radius 1 is 1.17 bits per heavy atom. The van der Waals surface area contributed by atoms with Crippen molar-refractivity contribution >= 4 is 17.6 Å². The highest BCUT2D eigenvalue weighted by molar-refractivity contribution is 6.31. The first kappa shape index (κ1) is 16.1. The summed E-state index contributed by atoms with van der Waals surface area (Å²) >= 11 is 5.99. The number of hydrogen-bond acceptors (Lipinski definition) is 6. The smallest absolute Gasteiger partial charge is 0.313 e. The SMILES string of the molecule is COc1cc(-c2nnc(N)o2)ccc1OCc1ccc(F)cc1Cl. The second-order valence-corrected chi connectivity index (χ2v) is 5.24. The Hall–Kier alpha value is -2.80. The summed E-state index contributed by atoms with van der Waals surface area (Å²) in [5.74, 6) is 0.847. The molecule has 0 spiro atoms. The van der Waals surface area contributed by atoms with Crippen molar-refractivity contribution < 1.29 is 18.3 Å². The number of halogens is 2. The van der Waals surface area contributed by atoms with Gasteiger partial charge in [-0.3, -0.25) is 0 Å². The molecular formula is C16H13ClFN3O3. The largest absolute Gasteiger partial charge is 0.493 e. The van der Waals surface area contributed by atoms with Crippen LogP contribution in [0.25, 0.3) is 11.5 Å². The molecule has 0 unspecified atom stereocenters. The molecule has 8 heteroatoms. The molecule has 3 rings (SSSR count). The minimum atomic E-state index is -0.399. The third-order valence-electron chi connectivity index (χ3n) is 3.25. The van der Waals surface area contributed by atoms with Gasteiger partial charge in [-0.25, -0.2) is 4.39 Å². The summed E-state index contributed by atoms with van der Waals surface area (Å²) in [7, 11) is 1.51. The minimum absolute atomic E-state index is 0.0183. The second kappa shape index (κ2) is 6.76. The molecule has 124 valence electrons. The number of anilines is 1. The van der Waals surface area contributed by atoms with Crippen LogP contribution < -0.4 is 15.2 Å². The van der Waals surface area contributed by atoms with Crippen LogP contribution in [0.3, 0.4) is 0 Å². The van der Waals surface area contributed by atoms with E-state index in [4.69, 9.17) is 31.2 Å². The van der Waals surface area contributed by atoms with Gasteiger partial charge >= 0.3 is 6.01 Å². The lowest BCUT2D eigenvalue weighted by molar-refractivity contribution is 0.284. The van der Waals surface area contributed by atoms with Crippen LogP contribution in [-0.4, -0.2) is 17.3 Å². The van der Waals surface area contributed by atoms with Crippen LogP contribution >= 0.6 is 11.6 Å². The van der Waals surface area contributed by atoms with Crippen LogP contribution in [0.1, 0.15) is 5.56 Å². The van der Waals surface area contributed by atoms with Crippen LogP contribution in [0.15, 0.2) is 40.8 Å². The number of nitrogens with zero attached hydrogens (tertiary/aromatic N) is 2. The summed E-state index contributed by atoms with van der Waals surface area (Å²) in [6.07, 6.45) is 0. The average Bonchev–Trinajstić information content (AvgIpc) is 3.00. The highest BCUT2D eigenvalue weighted by Crippen LogP contribution is 2.33. The van der Waals surface area contributed by atoms with Crippen LogP contribution in [-0.2, 0) is 6.61 Å². The maximum absolute atomic E-state index is 13.1. The van der Waals surface area contributed by atoms with E-state index >= 15 is 0 Å². The van der Waals surface area contributed by atoms with E-state index in [0.29, 0.717) is 27.6 Å². The number of aromatic nitrogens is 2. The Kier molecular flexibility index (Phi) is 4.52. The zero-order valence-corrected chi connectivity index (χ0v) is 13.4. The molecule has 0 radical (unpaired) electrons. The first-order valence-electron chi connectivity index (χ1n) is 6.91. The molecule has 0 aliphatic heterocycles. The van der Waals surface area contributed by atoms with Gasteiger partial charge < -0.3 is 19.6 Å². The van der Waals surface area contributed by atoms with Gasteiger partial charge in [0, 0.05) is 11.1 Å². The zero-order valence-electron chi connectivity index (χ0n) is 12.6. The molecule has 1 aromatic heterocycles. The highest BCUT2D eigenvalue weighted by atomic mass is 35.5. The molecule has 2 N–H and O–H groups in total. The standard InChI is InChI=1S/C16H13ClFN3O3/c1-22-14-6-9(15-20-21-16(19)24-15)3-5-13(14)23-8-10-2-4-11(18)7-12(10)17/h2-7H,8H2,1H3,(H2,19,21). The Balaban J connectivity index is 1.80. The first-order valence-corrected chi connectivity index (χ1v) is 7.28. The molecule has 6 nitrogen and oxygen atoms in total. The van der Waals surface area contributed by atoms with Gasteiger partial charge in [-0.1, -0.05) is 22.8 Å². The summed E-state index contributed by atoms with van der Waals surface area (Å²) < 4.78 is 29.3. The van der Waals surface area contributed by atoms with Gasteiger partial charge in [0.05, 0.1) is 12.1 Å². The predicted molar refractivity (Wildman–Crippen MR) is 86.4 cm³/mol. The number of ether oxygens (including phenoxy) is 2. The van der Waals surface area contributed by atoms with E-state index in [1.54, 1.807) is 24.3 Å². The molecule has 0 saturated heterocycles. The van der Waals surface area contributed by atoms with Crippen molar-refractivity contribution in [3.63, 3.8) is 0 Å². The molecule has 0 amide bonds. The second-order valence-electron chi connectivity index (χ2n) is 4.84. The van der Waals surface area contributed by atoms with Gasteiger partial charge in [0.25, 0.3) is 0 Å². The van der Waals surface area contributed by atoms with E-state index < -0.39 is 5.82 Å². The van der Waals surface area contributed by atoms with Gasteiger partial charge in [0.1, 0.15) is 12.4 Å². The quantitative estimate of drug-likeness (QED) is 0.756. The van der Waals surface area contributed by atoms with E-state index in [1.807, 2.05) is 0 Å².